The van der Waals surface area contributed by atoms with Gasteiger partial charge in [0.15, 0.2) is 5.65 Å². The quantitative estimate of drug-likeness (QED) is 0.676. The predicted molar refractivity (Wildman–Crippen MR) is 104 cm³/mol. The van der Waals surface area contributed by atoms with E-state index >= 15 is 0 Å². The topological polar surface area (TPSA) is 94.0 Å². The van der Waals surface area contributed by atoms with E-state index in [0.717, 1.165) is 47.7 Å². The van der Waals surface area contributed by atoms with Gasteiger partial charge in [-0.15, -0.1) is 11.3 Å². The molecule has 0 aromatic carbocycles. The summed E-state index contributed by atoms with van der Waals surface area (Å²) in [6.07, 6.45) is 7.14. The van der Waals surface area contributed by atoms with Crippen LogP contribution in [0.4, 0.5) is 5.69 Å². The molecular formula is C18H22N6O2S. The van der Waals surface area contributed by atoms with Crippen molar-refractivity contribution in [2.75, 3.05) is 18.5 Å². The number of ether oxygens (including phenoxy) is 1. The van der Waals surface area contributed by atoms with Gasteiger partial charge in [-0.3, -0.25) is 4.79 Å². The summed E-state index contributed by atoms with van der Waals surface area (Å²) in [6, 6.07) is 0.167. The van der Waals surface area contributed by atoms with Crippen LogP contribution in [0.15, 0.2) is 24.0 Å². The molecule has 1 saturated heterocycles. The predicted octanol–water partition coefficient (Wildman–Crippen LogP) is 2.43. The van der Waals surface area contributed by atoms with Crippen LogP contribution in [0.5, 0.6) is 0 Å². The molecule has 0 radical (unpaired) electrons. The second-order valence-corrected chi connectivity index (χ2v) is 7.39. The Morgan fingerprint density at radius 1 is 1.41 bits per heavy atom. The van der Waals surface area contributed by atoms with Crippen LogP contribution in [-0.4, -0.2) is 44.9 Å². The van der Waals surface area contributed by atoms with E-state index in [1.807, 2.05) is 17.0 Å². The number of rotatable bonds is 6. The Labute approximate surface area is 161 Å². The minimum Gasteiger partial charge on any atom is -0.379 e. The molecule has 1 aliphatic heterocycles. The summed E-state index contributed by atoms with van der Waals surface area (Å²) in [5.41, 5.74) is 2.06. The van der Waals surface area contributed by atoms with E-state index in [1.165, 1.54) is 11.3 Å². The first-order valence-electron chi connectivity index (χ1n) is 9.11. The summed E-state index contributed by atoms with van der Waals surface area (Å²) >= 11 is 1.51. The lowest BCUT2D eigenvalue weighted by Crippen LogP contribution is -2.32. The van der Waals surface area contributed by atoms with Gasteiger partial charge in [0.25, 0.3) is 5.91 Å². The molecule has 4 heterocycles. The third kappa shape index (κ3) is 3.79. The largest absolute Gasteiger partial charge is 0.379 e. The molecule has 8 nitrogen and oxygen atoms in total. The maximum Gasteiger partial charge on any atom is 0.255 e. The van der Waals surface area contributed by atoms with Crippen LogP contribution in [0.3, 0.4) is 0 Å². The summed E-state index contributed by atoms with van der Waals surface area (Å²) < 4.78 is 7.41. The number of aryl methyl sites for hydroxylation is 1. The average molecular weight is 386 g/mol. The third-order valence-corrected chi connectivity index (χ3v) is 5.38. The van der Waals surface area contributed by atoms with Gasteiger partial charge < -0.3 is 15.4 Å². The zero-order valence-electron chi connectivity index (χ0n) is 15.1. The zero-order chi connectivity index (χ0) is 18.6. The number of thiazole rings is 1. The SMILES string of the molecule is CCn1ncc2c(NC3CCCOC3)c(C(=O)NCc3nccs3)cnc21. The minimum atomic E-state index is -0.178. The molecule has 3 aromatic heterocycles. The van der Waals surface area contributed by atoms with E-state index in [9.17, 15) is 4.79 Å². The molecule has 1 amide bonds. The summed E-state index contributed by atoms with van der Waals surface area (Å²) in [4.78, 5) is 21.5. The van der Waals surface area contributed by atoms with Crippen molar-refractivity contribution in [2.24, 2.45) is 0 Å². The summed E-state index contributed by atoms with van der Waals surface area (Å²) in [7, 11) is 0. The number of carbonyl (C=O) groups is 1. The van der Waals surface area contributed by atoms with Gasteiger partial charge in [0, 0.05) is 37.0 Å². The van der Waals surface area contributed by atoms with Crippen LogP contribution < -0.4 is 10.6 Å². The molecule has 0 spiro atoms. The number of hydrogen-bond acceptors (Lipinski definition) is 7. The molecular weight excluding hydrogens is 364 g/mol. The lowest BCUT2D eigenvalue weighted by Gasteiger charge is -2.25. The number of nitrogens with zero attached hydrogens (tertiary/aromatic N) is 4. The highest BCUT2D eigenvalue weighted by atomic mass is 32.1. The van der Waals surface area contributed by atoms with Crippen LogP contribution in [0.25, 0.3) is 11.0 Å². The molecule has 142 valence electrons. The number of nitrogens with one attached hydrogen (secondary N) is 2. The Morgan fingerprint density at radius 2 is 2.33 bits per heavy atom. The van der Waals surface area contributed by atoms with Gasteiger partial charge in [0.2, 0.25) is 0 Å². The molecule has 3 aromatic rings. The van der Waals surface area contributed by atoms with Crippen LogP contribution in [-0.2, 0) is 17.8 Å². The Bertz CT molecular complexity index is 917. The smallest absolute Gasteiger partial charge is 0.255 e. The summed E-state index contributed by atoms with van der Waals surface area (Å²) in [5.74, 6) is -0.178. The van der Waals surface area contributed by atoms with Crippen molar-refractivity contribution in [3.05, 3.63) is 34.5 Å². The summed E-state index contributed by atoms with van der Waals surface area (Å²) in [6.45, 7) is 4.56. The normalized spacial score (nSPS) is 17.1. The van der Waals surface area contributed by atoms with E-state index in [4.69, 9.17) is 4.74 Å². The number of anilines is 1. The minimum absolute atomic E-state index is 0.167. The Hall–Kier alpha value is -2.52. The van der Waals surface area contributed by atoms with Crippen molar-refractivity contribution in [1.29, 1.82) is 0 Å². The highest BCUT2D eigenvalue weighted by molar-refractivity contribution is 7.09. The fraction of sp³-hybridized carbons (Fsp3) is 0.444. The van der Waals surface area contributed by atoms with E-state index in [0.29, 0.717) is 18.7 Å². The fourth-order valence-electron chi connectivity index (χ4n) is 3.24. The van der Waals surface area contributed by atoms with Gasteiger partial charge in [0.05, 0.1) is 36.0 Å². The van der Waals surface area contributed by atoms with Crippen molar-refractivity contribution >= 4 is 34.0 Å². The molecule has 1 aliphatic rings. The van der Waals surface area contributed by atoms with Crippen molar-refractivity contribution in [1.82, 2.24) is 25.1 Å². The number of hydrogen-bond donors (Lipinski definition) is 2. The van der Waals surface area contributed by atoms with Crippen LogP contribution in [0, 0.1) is 0 Å². The molecule has 27 heavy (non-hydrogen) atoms. The van der Waals surface area contributed by atoms with Gasteiger partial charge in [-0.05, 0) is 19.8 Å². The Morgan fingerprint density at radius 3 is 3.07 bits per heavy atom. The number of pyridine rings is 1. The fourth-order valence-corrected chi connectivity index (χ4v) is 3.79. The maximum absolute atomic E-state index is 12.8. The average Bonchev–Trinajstić information content (AvgIpc) is 3.37. The van der Waals surface area contributed by atoms with Crippen molar-refractivity contribution in [3.8, 4) is 0 Å². The number of carbonyl (C=O) groups excluding carboxylic acids is 1. The molecule has 1 atom stereocenters. The molecule has 2 N–H and O–H groups in total. The van der Waals surface area contributed by atoms with E-state index < -0.39 is 0 Å². The van der Waals surface area contributed by atoms with Gasteiger partial charge in [-0.2, -0.15) is 5.10 Å². The molecule has 0 aliphatic carbocycles. The lowest BCUT2D eigenvalue weighted by atomic mass is 10.1. The van der Waals surface area contributed by atoms with Crippen molar-refractivity contribution < 1.29 is 9.53 Å². The summed E-state index contributed by atoms with van der Waals surface area (Å²) in [5, 5.41) is 14.5. The Balaban J connectivity index is 1.65. The zero-order valence-corrected chi connectivity index (χ0v) is 16.0. The molecule has 1 unspecified atom stereocenters. The number of aromatic nitrogens is 4. The molecule has 0 bridgehead atoms. The number of amides is 1. The standard InChI is InChI=1S/C18H22N6O2S/c1-2-24-17-13(9-22-24)16(23-12-4-3-6-26-11-12)14(8-20-17)18(25)21-10-15-19-5-7-27-15/h5,7-9,12H,2-4,6,10-11H2,1H3,(H,20,23)(H,21,25). The first-order chi connectivity index (χ1) is 13.3. The van der Waals surface area contributed by atoms with Crippen LogP contribution >= 0.6 is 11.3 Å². The lowest BCUT2D eigenvalue weighted by molar-refractivity contribution is 0.0874. The second kappa shape index (κ2) is 8.01. The highest BCUT2D eigenvalue weighted by Crippen LogP contribution is 2.28. The molecule has 1 fully saturated rings. The van der Waals surface area contributed by atoms with E-state index in [2.05, 4.69) is 25.7 Å². The molecule has 4 rings (SSSR count). The van der Waals surface area contributed by atoms with Crippen LogP contribution in [0.1, 0.15) is 35.1 Å². The third-order valence-electron chi connectivity index (χ3n) is 4.60. The van der Waals surface area contributed by atoms with E-state index in [1.54, 1.807) is 18.6 Å². The highest BCUT2D eigenvalue weighted by Gasteiger charge is 2.22. The van der Waals surface area contributed by atoms with Crippen LogP contribution in [0.2, 0.25) is 0 Å². The van der Waals surface area contributed by atoms with Gasteiger partial charge in [-0.25, -0.2) is 14.6 Å². The first kappa shape index (κ1) is 17.9. The second-order valence-electron chi connectivity index (χ2n) is 6.41. The maximum atomic E-state index is 12.8. The monoisotopic (exact) mass is 386 g/mol. The first-order valence-corrected chi connectivity index (χ1v) is 9.99. The Kier molecular flexibility index (Phi) is 5.30. The molecule has 0 saturated carbocycles. The van der Waals surface area contributed by atoms with Gasteiger partial charge in [-0.1, -0.05) is 0 Å². The van der Waals surface area contributed by atoms with E-state index in [-0.39, 0.29) is 11.9 Å². The van der Waals surface area contributed by atoms with Gasteiger partial charge in [0.1, 0.15) is 5.01 Å². The van der Waals surface area contributed by atoms with Crippen molar-refractivity contribution in [2.45, 2.75) is 38.9 Å². The molecule has 9 heteroatoms. The number of fused-ring (bicyclic) bond motifs is 1. The van der Waals surface area contributed by atoms with Crippen molar-refractivity contribution in [3.63, 3.8) is 0 Å². The van der Waals surface area contributed by atoms with Gasteiger partial charge >= 0.3 is 0 Å².